The Hall–Kier alpha value is -3.52. The number of alkyl halides is 3. The third-order valence-electron chi connectivity index (χ3n) is 8.20. The molecule has 0 unspecified atom stereocenters. The van der Waals surface area contributed by atoms with Crippen molar-refractivity contribution in [2.45, 2.75) is 64.4 Å². The first-order valence-corrected chi connectivity index (χ1v) is 19.4. The number of hydrogen-bond acceptors (Lipinski definition) is 7. The van der Waals surface area contributed by atoms with Crippen molar-refractivity contribution in [3.05, 3.63) is 59.8 Å². The van der Waals surface area contributed by atoms with E-state index in [0.29, 0.717) is 72.5 Å². The predicted molar refractivity (Wildman–Crippen MR) is 175 cm³/mol. The van der Waals surface area contributed by atoms with Gasteiger partial charge in [0, 0.05) is 45.6 Å². The van der Waals surface area contributed by atoms with Crippen molar-refractivity contribution in [3.63, 3.8) is 0 Å². The third-order valence-corrected chi connectivity index (χ3v) is 10.3. The Morgan fingerprint density at radius 1 is 1.02 bits per heavy atom. The SMILES string of the molecule is Cc1nc2ccc(Oc3ccc4ncc(-c5cnn(C6CCN(CC(F)(F)F)CC6)c5)nc4c3Cl)cc2n1COCC[Si](C)(C)C. The van der Waals surface area contributed by atoms with Crippen LogP contribution in [0.5, 0.6) is 11.5 Å². The van der Waals surface area contributed by atoms with E-state index in [9.17, 15) is 13.2 Å². The molecule has 244 valence electrons. The number of nitrogens with zero attached hydrogens (tertiary/aromatic N) is 7. The molecule has 6 rings (SSSR count). The minimum atomic E-state index is -4.19. The summed E-state index contributed by atoms with van der Waals surface area (Å²) in [7, 11) is -1.19. The van der Waals surface area contributed by atoms with Crippen molar-refractivity contribution in [3.8, 4) is 22.8 Å². The van der Waals surface area contributed by atoms with Gasteiger partial charge in [-0.25, -0.2) is 9.97 Å². The van der Waals surface area contributed by atoms with Crippen LogP contribution in [-0.4, -0.2) is 74.7 Å². The first kappa shape index (κ1) is 32.4. The second-order valence-corrected chi connectivity index (χ2v) is 19.0. The molecule has 46 heavy (non-hydrogen) atoms. The molecule has 1 saturated heterocycles. The van der Waals surface area contributed by atoms with E-state index in [1.807, 2.05) is 46.6 Å². The molecule has 0 radical (unpaired) electrons. The predicted octanol–water partition coefficient (Wildman–Crippen LogP) is 8.11. The maximum absolute atomic E-state index is 12.8. The Kier molecular flexibility index (Phi) is 9.12. The van der Waals surface area contributed by atoms with Crippen molar-refractivity contribution in [2.75, 3.05) is 26.2 Å². The minimum absolute atomic E-state index is 0.0179. The van der Waals surface area contributed by atoms with Crippen molar-refractivity contribution in [1.82, 2.24) is 34.2 Å². The molecule has 1 aliphatic rings. The van der Waals surface area contributed by atoms with E-state index >= 15 is 0 Å². The van der Waals surface area contributed by atoms with Gasteiger partial charge in [0.05, 0.1) is 47.2 Å². The van der Waals surface area contributed by atoms with Crippen LogP contribution in [0.3, 0.4) is 0 Å². The van der Waals surface area contributed by atoms with E-state index in [0.717, 1.165) is 28.5 Å². The first-order valence-electron chi connectivity index (χ1n) is 15.3. The van der Waals surface area contributed by atoms with Gasteiger partial charge in [-0.15, -0.1) is 0 Å². The van der Waals surface area contributed by atoms with E-state index < -0.39 is 20.8 Å². The summed E-state index contributed by atoms with van der Waals surface area (Å²) in [5, 5.41) is 4.82. The molecule has 0 atom stereocenters. The minimum Gasteiger partial charge on any atom is -0.456 e. The summed E-state index contributed by atoms with van der Waals surface area (Å²) >= 11 is 6.84. The Bertz CT molecular complexity index is 1850. The summed E-state index contributed by atoms with van der Waals surface area (Å²) in [6, 6.07) is 10.4. The summed E-state index contributed by atoms with van der Waals surface area (Å²) in [4.78, 5) is 15.5. The monoisotopic (exact) mass is 671 g/mol. The Morgan fingerprint density at radius 3 is 2.52 bits per heavy atom. The maximum Gasteiger partial charge on any atom is 0.401 e. The van der Waals surface area contributed by atoms with Gasteiger partial charge in [0.2, 0.25) is 0 Å². The number of rotatable bonds is 10. The molecule has 0 N–H and O–H groups in total. The fourth-order valence-electron chi connectivity index (χ4n) is 5.62. The molecule has 0 spiro atoms. The fraction of sp³-hybridized carbons (Fsp3) is 0.438. The molecule has 5 aromatic rings. The molecule has 0 bridgehead atoms. The highest BCUT2D eigenvalue weighted by Gasteiger charge is 2.33. The van der Waals surface area contributed by atoms with E-state index in [1.54, 1.807) is 18.5 Å². The summed E-state index contributed by atoms with van der Waals surface area (Å²) in [6.07, 6.45) is 2.21. The van der Waals surface area contributed by atoms with Gasteiger partial charge < -0.3 is 14.0 Å². The quantitative estimate of drug-likeness (QED) is 0.110. The lowest BCUT2D eigenvalue weighted by Gasteiger charge is -2.32. The number of fused-ring (bicyclic) bond motifs is 2. The number of ether oxygens (including phenoxy) is 2. The van der Waals surface area contributed by atoms with E-state index in [1.165, 1.54) is 4.90 Å². The largest absolute Gasteiger partial charge is 0.456 e. The number of piperidine rings is 1. The molecule has 0 aliphatic carbocycles. The van der Waals surface area contributed by atoms with Crippen LogP contribution >= 0.6 is 11.6 Å². The van der Waals surface area contributed by atoms with Gasteiger partial charge in [-0.1, -0.05) is 31.2 Å². The highest BCUT2D eigenvalue weighted by Crippen LogP contribution is 2.36. The third kappa shape index (κ3) is 7.54. The van der Waals surface area contributed by atoms with Gasteiger partial charge in [0.25, 0.3) is 0 Å². The first-order chi connectivity index (χ1) is 21.8. The zero-order valence-electron chi connectivity index (χ0n) is 26.3. The lowest BCUT2D eigenvalue weighted by Crippen LogP contribution is -2.40. The fourth-order valence-corrected chi connectivity index (χ4v) is 6.62. The number of halogens is 4. The van der Waals surface area contributed by atoms with E-state index in [2.05, 4.69) is 34.7 Å². The lowest BCUT2D eigenvalue weighted by molar-refractivity contribution is -0.148. The van der Waals surface area contributed by atoms with Crippen LogP contribution in [-0.2, 0) is 11.5 Å². The average molecular weight is 672 g/mol. The number of imidazole rings is 1. The normalized spacial score (nSPS) is 15.3. The zero-order chi connectivity index (χ0) is 32.6. The van der Waals surface area contributed by atoms with Crippen LogP contribution in [0.1, 0.15) is 24.7 Å². The number of hydrogen-bond donors (Lipinski definition) is 0. The standard InChI is InChI=1S/C32H37ClF3N7O2Si/c1-21-39-25-6-5-24(15-28(25)42(21)20-44-13-14-46(2,3)4)45-29-8-7-26-31(30(29)33)40-27(17-37-26)22-16-38-43(18-22)23-9-11-41(12-10-23)19-32(34,35)36/h5-8,15-18,23H,9-14,19-20H2,1-4H3. The van der Waals surface area contributed by atoms with Crippen molar-refractivity contribution in [2.24, 2.45) is 0 Å². The molecular formula is C32H37ClF3N7O2Si. The van der Waals surface area contributed by atoms with Gasteiger partial charge in [-0.05, 0) is 50.1 Å². The summed E-state index contributed by atoms with van der Waals surface area (Å²) in [5.74, 6) is 1.90. The van der Waals surface area contributed by atoms with Crippen LogP contribution < -0.4 is 4.74 Å². The smallest absolute Gasteiger partial charge is 0.401 e. The molecule has 0 amide bonds. The molecule has 9 nitrogen and oxygen atoms in total. The van der Waals surface area contributed by atoms with Crippen molar-refractivity contribution < 1.29 is 22.6 Å². The number of benzene rings is 2. The lowest BCUT2D eigenvalue weighted by atomic mass is 10.1. The second-order valence-electron chi connectivity index (χ2n) is 13.0. The van der Waals surface area contributed by atoms with Gasteiger partial charge in [0.15, 0.2) is 0 Å². The van der Waals surface area contributed by atoms with Crippen molar-refractivity contribution >= 4 is 41.7 Å². The van der Waals surface area contributed by atoms with Crippen LogP contribution in [0.15, 0.2) is 48.9 Å². The molecular weight excluding hydrogens is 635 g/mol. The van der Waals surface area contributed by atoms with Gasteiger partial charge in [0.1, 0.15) is 34.6 Å². The number of likely N-dealkylation sites (tertiary alicyclic amines) is 1. The molecule has 2 aromatic carbocycles. The highest BCUT2D eigenvalue weighted by atomic mass is 35.5. The van der Waals surface area contributed by atoms with Crippen LogP contribution in [0.2, 0.25) is 30.7 Å². The van der Waals surface area contributed by atoms with Gasteiger partial charge in [-0.2, -0.15) is 18.3 Å². The molecule has 0 saturated carbocycles. The topological polar surface area (TPSA) is 83.1 Å². The summed E-state index contributed by atoms with van der Waals surface area (Å²) in [5.41, 5.74) is 4.20. The van der Waals surface area contributed by atoms with Crippen molar-refractivity contribution in [1.29, 1.82) is 0 Å². The van der Waals surface area contributed by atoms with E-state index in [4.69, 9.17) is 26.1 Å². The number of aromatic nitrogens is 6. The molecule has 14 heteroatoms. The molecule has 1 aliphatic heterocycles. The Labute approximate surface area is 271 Å². The molecule has 3 aromatic heterocycles. The molecule has 1 fully saturated rings. The Balaban J connectivity index is 1.18. The van der Waals surface area contributed by atoms with Crippen LogP contribution in [0, 0.1) is 6.92 Å². The van der Waals surface area contributed by atoms with Crippen LogP contribution in [0.25, 0.3) is 33.3 Å². The van der Waals surface area contributed by atoms with Crippen LogP contribution in [0.4, 0.5) is 13.2 Å². The summed E-state index contributed by atoms with van der Waals surface area (Å²) in [6.45, 7) is 9.94. The van der Waals surface area contributed by atoms with Gasteiger partial charge >= 0.3 is 6.18 Å². The number of aryl methyl sites for hydroxylation is 1. The molecule has 4 heterocycles. The second kappa shape index (κ2) is 12.9. The highest BCUT2D eigenvalue weighted by molar-refractivity contribution is 6.76. The maximum atomic E-state index is 12.8. The van der Waals surface area contributed by atoms with Gasteiger partial charge in [-0.3, -0.25) is 14.6 Å². The zero-order valence-corrected chi connectivity index (χ0v) is 28.1. The van der Waals surface area contributed by atoms with E-state index in [-0.39, 0.29) is 6.04 Å². The Morgan fingerprint density at radius 2 is 1.78 bits per heavy atom. The average Bonchev–Trinajstić information content (AvgIpc) is 3.60. The summed E-state index contributed by atoms with van der Waals surface area (Å²) < 4.78 is 54.4.